The molecule has 2 rings (SSSR count). The number of nitrogens with zero attached hydrogens (tertiary/aromatic N) is 2. The minimum absolute atomic E-state index is 0.128. The highest BCUT2D eigenvalue weighted by atomic mass is 16.4. The lowest BCUT2D eigenvalue weighted by molar-refractivity contribution is -0.149. The van der Waals surface area contributed by atoms with E-state index in [4.69, 9.17) is 0 Å². The van der Waals surface area contributed by atoms with Gasteiger partial charge in [-0.15, -0.1) is 0 Å². The van der Waals surface area contributed by atoms with Crippen LogP contribution in [0, 0.1) is 5.41 Å². The standard InChI is InChI=1S/C14H21N3O3/c18-12(10-17-9-5-8-16-17)15-11-14(13(19)20)6-3-1-2-4-7-14/h5,8-9H,1-4,6-7,10-11H2,(H,15,18)(H,19,20). The van der Waals surface area contributed by atoms with E-state index in [0.29, 0.717) is 12.8 Å². The molecule has 2 N–H and O–H groups in total. The van der Waals surface area contributed by atoms with Crippen molar-refractivity contribution in [3.63, 3.8) is 0 Å². The lowest BCUT2D eigenvalue weighted by Gasteiger charge is -2.28. The molecule has 1 amide bonds. The highest BCUT2D eigenvalue weighted by Gasteiger charge is 2.38. The summed E-state index contributed by atoms with van der Waals surface area (Å²) in [7, 11) is 0. The normalized spacial score (nSPS) is 18.2. The second-order valence-electron chi connectivity index (χ2n) is 5.48. The molecule has 6 heteroatoms. The lowest BCUT2D eigenvalue weighted by atomic mass is 9.80. The second-order valence-corrected chi connectivity index (χ2v) is 5.48. The van der Waals surface area contributed by atoms with Gasteiger partial charge in [0.25, 0.3) is 0 Å². The van der Waals surface area contributed by atoms with Crippen LogP contribution in [0.25, 0.3) is 0 Å². The minimum Gasteiger partial charge on any atom is -0.481 e. The minimum atomic E-state index is -0.795. The molecular formula is C14H21N3O3. The van der Waals surface area contributed by atoms with Crippen molar-refractivity contribution in [3.05, 3.63) is 18.5 Å². The van der Waals surface area contributed by atoms with Gasteiger partial charge in [0.2, 0.25) is 5.91 Å². The fourth-order valence-electron chi connectivity index (χ4n) is 2.74. The Kier molecular flexibility index (Phi) is 4.76. The molecule has 0 aliphatic heterocycles. The number of hydrogen-bond acceptors (Lipinski definition) is 3. The monoisotopic (exact) mass is 279 g/mol. The van der Waals surface area contributed by atoms with E-state index in [-0.39, 0.29) is 19.0 Å². The Morgan fingerprint density at radius 3 is 2.50 bits per heavy atom. The molecule has 0 bridgehead atoms. The Labute approximate surface area is 118 Å². The third-order valence-electron chi connectivity index (χ3n) is 4.00. The van der Waals surface area contributed by atoms with Crippen molar-refractivity contribution in [2.75, 3.05) is 6.54 Å². The van der Waals surface area contributed by atoms with Crippen molar-refractivity contribution in [2.45, 2.75) is 45.1 Å². The largest absolute Gasteiger partial charge is 0.481 e. The molecule has 1 aliphatic carbocycles. The average Bonchev–Trinajstić information content (AvgIpc) is 2.79. The van der Waals surface area contributed by atoms with Gasteiger partial charge in [0.1, 0.15) is 6.54 Å². The SMILES string of the molecule is O=C(Cn1cccn1)NCC1(C(=O)O)CCCCCC1. The summed E-state index contributed by atoms with van der Waals surface area (Å²) in [4.78, 5) is 23.4. The summed E-state index contributed by atoms with van der Waals surface area (Å²) in [6.07, 6.45) is 8.60. The van der Waals surface area contributed by atoms with Crippen LogP contribution < -0.4 is 5.32 Å². The van der Waals surface area contributed by atoms with E-state index in [1.165, 1.54) is 4.68 Å². The maximum atomic E-state index is 11.8. The first-order valence-electron chi connectivity index (χ1n) is 7.10. The van der Waals surface area contributed by atoms with E-state index < -0.39 is 11.4 Å². The maximum absolute atomic E-state index is 11.8. The predicted molar refractivity (Wildman–Crippen MR) is 73.0 cm³/mol. The van der Waals surface area contributed by atoms with E-state index in [0.717, 1.165) is 25.7 Å². The summed E-state index contributed by atoms with van der Waals surface area (Å²) in [5.41, 5.74) is -0.795. The number of aliphatic carboxylic acids is 1. The van der Waals surface area contributed by atoms with Crippen LogP contribution in [0.3, 0.4) is 0 Å². The number of aromatic nitrogens is 2. The van der Waals surface area contributed by atoms with Crippen LogP contribution in [0.5, 0.6) is 0 Å². The Morgan fingerprint density at radius 2 is 1.95 bits per heavy atom. The van der Waals surface area contributed by atoms with Crippen molar-refractivity contribution in [2.24, 2.45) is 5.41 Å². The molecule has 1 aromatic rings. The molecule has 1 fully saturated rings. The van der Waals surface area contributed by atoms with Crippen molar-refractivity contribution in [3.8, 4) is 0 Å². The van der Waals surface area contributed by atoms with Crippen molar-refractivity contribution in [1.82, 2.24) is 15.1 Å². The van der Waals surface area contributed by atoms with Crippen molar-refractivity contribution in [1.29, 1.82) is 0 Å². The third kappa shape index (κ3) is 3.59. The fourth-order valence-corrected chi connectivity index (χ4v) is 2.74. The van der Waals surface area contributed by atoms with Crippen molar-refractivity contribution < 1.29 is 14.7 Å². The summed E-state index contributed by atoms with van der Waals surface area (Å²) in [5.74, 6) is -0.989. The molecule has 0 spiro atoms. The zero-order valence-corrected chi connectivity index (χ0v) is 11.5. The van der Waals surface area contributed by atoms with Gasteiger partial charge in [-0.05, 0) is 18.9 Å². The van der Waals surface area contributed by atoms with Crippen molar-refractivity contribution >= 4 is 11.9 Å². The van der Waals surface area contributed by atoms with Gasteiger partial charge in [-0.25, -0.2) is 0 Å². The number of rotatable bonds is 5. The van der Waals surface area contributed by atoms with Gasteiger partial charge in [0.15, 0.2) is 0 Å². The molecule has 20 heavy (non-hydrogen) atoms. The molecule has 0 aromatic carbocycles. The van der Waals surface area contributed by atoms with Gasteiger partial charge < -0.3 is 10.4 Å². The van der Waals surface area contributed by atoms with Gasteiger partial charge >= 0.3 is 5.97 Å². The zero-order chi connectivity index (χ0) is 14.4. The Hall–Kier alpha value is -1.85. The summed E-state index contributed by atoms with van der Waals surface area (Å²) < 4.78 is 1.52. The number of hydrogen-bond donors (Lipinski definition) is 2. The predicted octanol–water partition coefficient (Wildman–Crippen LogP) is 1.42. The quantitative estimate of drug-likeness (QED) is 0.798. The molecule has 1 aromatic heterocycles. The highest BCUT2D eigenvalue weighted by Crippen LogP contribution is 2.34. The van der Waals surface area contributed by atoms with Crippen LogP contribution in [0.2, 0.25) is 0 Å². The van der Waals surface area contributed by atoms with E-state index in [1.807, 2.05) is 0 Å². The number of amides is 1. The van der Waals surface area contributed by atoms with Crippen LogP contribution in [-0.2, 0) is 16.1 Å². The van der Waals surface area contributed by atoms with Crippen LogP contribution >= 0.6 is 0 Å². The lowest BCUT2D eigenvalue weighted by Crippen LogP contribution is -2.43. The first-order valence-corrected chi connectivity index (χ1v) is 7.10. The topological polar surface area (TPSA) is 84.2 Å². The Morgan fingerprint density at radius 1 is 1.25 bits per heavy atom. The molecule has 0 saturated heterocycles. The van der Waals surface area contributed by atoms with E-state index in [1.54, 1.807) is 18.5 Å². The average molecular weight is 279 g/mol. The molecule has 1 aliphatic rings. The molecule has 0 unspecified atom stereocenters. The summed E-state index contributed by atoms with van der Waals surface area (Å²) in [5, 5.41) is 16.2. The first-order chi connectivity index (χ1) is 9.62. The number of carbonyl (C=O) groups is 2. The van der Waals surface area contributed by atoms with Gasteiger partial charge in [0, 0.05) is 18.9 Å². The molecule has 110 valence electrons. The number of carboxylic acid groups (broad SMARTS) is 1. The van der Waals surface area contributed by atoms with E-state index in [2.05, 4.69) is 10.4 Å². The molecular weight excluding hydrogens is 258 g/mol. The summed E-state index contributed by atoms with van der Waals surface area (Å²) >= 11 is 0. The molecule has 1 saturated carbocycles. The van der Waals surface area contributed by atoms with E-state index in [9.17, 15) is 14.7 Å². The van der Waals surface area contributed by atoms with Crippen LogP contribution in [-0.4, -0.2) is 33.3 Å². The Bertz CT molecular complexity index is 448. The molecule has 1 heterocycles. The molecule has 0 atom stereocenters. The zero-order valence-electron chi connectivity index (χ0n) is 11.5. The van der Waals surface area contributed by atoms with Gasteiger partial charge in [-0.2, -0.15) is 5.10 Å². The second kappa shape index (κ2) is 6.54. The smallest absolute Gasteiger partial charge is 0.311 e. The number of carbonyl (C=O) groups excluding carboxylic acids is 1. The molecule has 0 radical (unpaired) electrons. The van der Waals surface area contributed by atoms with Crippen LogP contribution in [0.1, 0.15) is 38.5 Å². The maximum Gasteiger partial charge on any atom is 0.311 e. The number of carboxylic acids is 1. The number of nitrogens with one attached hydrogen (secondary N) is 1. The van der Waals surface area contributed by atoms with Crippen LogP contribution in [0.15, 0.2) is 18.5 Å². The molecule has 6 nitrogen and oxygen atoms in total. The van der Waals surface area contributed by atoms with Gasteiger partial charge in [-0.1, -0.05) is 25.7 Å². The van der Waals surface area contributed by atoms with Gasteiger partial charge in [-0.3, -0.25) is 14.3 Å². The summed E-state index contributed by atoms with van der Waals surface area (Å²) in [6.45, 7) is 0.338. The Balaban J connectivity index is 1.91. The fraction of sp³-hybridized carbons (Fsp3) is 0.643. The summed E-state index contributed by atoms with van der Waals surface area (Å²) in [6, 6.07) is 1.75. The first kappa shape index (κ1) is 14.6. The van der Waals surface area contributed by atoms with Gasteiger partial charge in [0.05, 0.1) is 5.41 Å². The third-order valence-corrected chi connectivity index (χ3v) is 4.00. The highest BCUT2D eigenvalue weighted by molar-refractivity contribution is 5.79. The van der Waals surface area contributed by atoms with E-state index >= 15 is 0 Å². The van der Waals surface area contributed by atoms with Crippen LogP contribution in [0.4, 0.5) is 0 Å².